The summed E-state index contributed by atoms with van der Waals surface area (Å²) in [5.41, 5.74) is -2.44. The lowest BCUT2D eigenvalue weighted by atomic mass is 9.65. The highest BCUT2D eigenvalue weighted by Gasteiger charge is 2.79. The molecule has 1 spiro atoms. The predicted octanol–water partition coefficient (Wildman–Crippen LogP) is 3.32. The summed E-state index contributed by atoms with van der Waals surface area (Å²) in [5, 5.41) is 9.56. The molecule has 0 aliphatic carbocycles. The monoisotopic (exact) mass is 506 g/mol. The molecule has 3 heterocycles. The maximum atomic E-state index is 14.5. The van der Waals surface area contributed by atoms with Crippen molar-refractivity contribution in [2.24, 2.45) is 17.3 Å². The van der Waals surface area contributed by atoms with Gasteiger partial charge in [0.15, 0.2) is 0 Å². The number of carbonyl (C=O) groups excluding carboxylic acids is 3. The van der Waals surface area contributed by atoms with Crippen LogP contribution in [0.5, 0.6) is 0 Å². The molecule has 36 heavy (non-hydrogen) atoms. The summed E-state index contributed by atoms with van der Waals surface area (Å²) in [5.74, 6) is -2.37. The first kappa shape index (κ1) is 28.6. The minimum absolute atomic E-state index is 0.0321. The van der Waals surface area contributed by atoms with Crippen molar-refractivity contribution in [3.05, 3.63) is 12.7 Å². The predicted molar refractivity (Wildman–Crippen MR) is 137 cm³/mol. The number of carbonyl (C=O) groups is 3. The number of aliphatic hydroxyl groups excluding tert-OH is 1. The standard InChI is InChI=1S/C28H46N2O6/c1-9-15-30(26(7,8)18-25(4,5)6)23(33)21-28-14-13-27(10-2,36-28)20(24(34)35-11-3)19(28)22(32)29(21)16-12-17-31/h9,19-21,31H,1,10-18H2,2-8H3/t19-,20+,21?,27-,28?/m0/s1. The molecule has 0 saturated carbocycles. The van der Waals surface area contributed by atoms with Crippen molar-refractivity contribution in [1.82, 2.24) is 9.80 Å². The Labute approximate surface area is 216 Å². The summed E-state index contributed by atoms with van der Waals surface area (Å²) in [7, 11) is 0. The van der Waals surface area contributed by atoms with E-state index < -0.39 is 40.6 Å². The molecular formula is C28H46N2O6. The van der Waals surface area contributed by atoms with E-state index in [-0.39, 0.29) is 37.0 Å². The third kappa shape index (κ3) is 4.60. The van der Waals surface area contributed by atoms with Gasteiger partial charge >= 0.3 is 5.97 Å². The van der Waals surface area contributed by atoms with Gasteiger partial charge in [-0.2, -0.15) is 0 Å². The molecule has 1 N–H and O–H groups in total. The van der Waals surface area contributed by atoms with Crippen molar-refractivity contribution in [2.45, 2.75) is 103 Å². The number of esters is 1. The highest BCUT2D eigenvalue weighted by Crippen LogP contribution is 2.64. The van der Waals surface area contributed by atoms with E-state index >= 15 is 0 Å². The zero-order valence-corrected chi connectivity index (χ0v) is 23.3. The number of ether oxygens (including phenoxy) is 2. The second-order valence-electron chi connectivity index (χ2n) is 12.5. The van der Waals surface area contributed by atoms with Crippen molar-refractivity contribution >= 4 is 17.8 Å². The topological polar surface area (TPSA) is 96.4 Å². The number of hydrogen-bond acceptors (Lipinski definition) is 6. The highest BCUT2D eigenvalue weighted by atomic mass is 16.6. The molecule has 3 saturated heterocycles. The molecule has 2 bridgehead atoms. The van der Waals surface area contributed by atoms with Gasteiger partial charge in [-0.15, -0.1) is 6.58 Å². The molecule has 0 aromatic heterocycles. The summed E-state index contributed by atoms with van der Waals surface area (Å²) >= 11 is 0. The van der Waals surface area contributed by atoms with Crippen molar-refractivity contribution in [3.8, 4) is 0 Å². The molecule has 8 heteroatoms. The van der Waals surface area contributed by atoms with Crippen LogP contribution in [0.1, 0.15) is 80.6 Å². The van der Waals surface area contributed by atoms with E-state index in [4.69, 9.17) is 9.47 Å². The summed E-state index contributed by atoms with van der Waals surface area (Å²) in [6.45, 7) is 18.8. The van der Waals surface area contributed by atoms with Crippen molar-refractivity contribution in [1.29, 1.82) is 0 Å². The fourth-order valence-corrected chi connectivity index (χ4v) is 7.37. The number of fused-ring (bicyclic) bond motifs is 1. The Morgan fingerprint density at radius 3 is 2.44 bits per heavy atom. The van der Waals surface area contributed by atoms with Crippen molar-refractivity contribution in [2.75, 3.05) is 26.3 Å². The Morgan fingerprint density at radius 1 is 1.25 bits per heavy atom. The van der Waals surface area contributed by atoms with Gasteiger partial charge in [0, 0.05) is 25.2 Å². The number of nitrogens with zero attached hydrogens (tertiary/aromatic N) is 2. The summed E-state index contributed by atoms with van der Waals surface area (Å²) in [6, 6.07) is -0.867. The van der Waals surface area contributed by atoms with Gasteiger partial charge < -0.3 is 24.4 Å². The molecule has 3 rings (SSSR count). The lowest BCUT2D eigenvalue weighted by molar-refractivity contribution is -0.162. The summed E-state index contributed by atoms with van der Waals surface area (Å²) < 4.78 is 12.2. The van der Waals surface area contributed by atoms with Gasteiger partial charge in [-0.1, -0.05) is 33.8 Å². The zero-order valence-electron chi connectivity index (χ0n) is 23.3. The van der Waals surface area contributed by atoms with Gasteiger partial charge in [0.1, 0.15) is 17.6 Å². The number of aliphatic hydroxyl groups is 1. The molecule has 0 radical (unpaired) electrons. The fourth-order valence-electron chi connectivity index (χ4n) is 7.37. The largest absolute Gasteiger partial charge is 0.466 e. The first-order valence-corrected chi connectivity index (χ1v) is 13.5. The Kier molecular flexibility index (Phi) is 8.02. The molecule has 0 aromatic carbocycles. The molecule has 3 aliphatic heterocycles. The minimum Gasteiger partial charge on any atom is -0.466 e. The molecule has 5 atom stereocenters. The maximum Gasteiger partial charge on any atom is 0.312 e. The summed E-state index contributed by atoms with van der Waals surface area (Å²) in [4.78, 5) is 45.1. The quantitative estimate of drug-likeness (QED) is 0.341. The van der Waals surface area contributed by atoms with Crippen LogP contribution in [0.15, 0.2) is 12.7 Å². The van der Waals surface area contributed by atoms with Crippen LogP contribution in [0.4, 0.5) is 0 Å². The average Bonchev–Trinajstić information content (AvgIpc) is 3.37. The first-order chi connectivity index (χ1) is 16.7. The molecular weight excluding hydrogens is 460 g/mol. The number of rotatable bonds is 11. The van der Waals surface area contributed by atoms with E-state index in [2.05, 4.69) is 27.4 Å². The molecule has 3 aliphatic rings. The summed E-state index contributed by atoms with van der Waals surface area (Å²) in [6.07, 6.45) is 4.49. The molecule has 2 amide bonds. The SMILES string of the molecule is C=CCN(C(=O)C1N(CCCO)C(=O)[C@@H]2[C@H](C(=O)OCC)[C@]3(CC)CCC12O3)C(C)(C)CC(C)(C)C. The third-order valence-corrected chi connectivity index (χ3v) is 8.28. The third-order valence-electron chi connectivity index (χ3n) is 8.28. The fraction of sp³-hybridized carbons (Fsp3) is 0.821. The van der Waals surface area contributed by atoms with Crippen LogP contribution in [0.2, 0.25) is 0 Å². The molecule has 0 aromatic rings. The zero-order chi connectivity index (χ0) is 27.1. The molecule has 2 unspecified atom stereocenters. The molecule has 8 nitrogen and oxygen atoms in total. The van der Waals surface area contributed by atoms with E-state index in [1.807, 2.05) is 25.7 Å². The van der Waals surface area contributed by atoms with Gasteiger partial charge in [-0.3, -0.25) is 14.4 Å². The van der Waals surface area contributed by atoms with E-state index in [1.165, 1.54) is 0 Å². The van der Waals surface area contributed by atoms with Gasteiger partial charge in [-0.05, 0) is 58.3 Å². The van der Waals surface area contributed by atoms with E-state index in [9.17, 15) is 19.5 Å². The Balaban J connectivity index is 2.12. The normalized spacial score (nSPS) is 31.5. The van der Waals surface area contributed by atoms with Crippen molar-refractivity contribution < 1.29 is 29.0 Å². The molecule has 3 fully saturated rings. The Morgan fingerprint density at radius 2 is 1.92 bits per heavy atom. The van der Waals surface area contributed by atoms with Gasteiger partial charge in [0.25, 0.3) is 0 Å². The maximum absolute atomic E-state index is 14.5. The second kappa shape index (κ2) is 10.1. The smallest absolute Gasteiger partial charge is 0.312 e. The van der Waals surface area contributed by atoms with Crippen LogP contribution in [0.3, 0.4) is 0 Å². The van der Waals surface area contributed by atoms with E-state index in [0.29, 0.717) is 32.2 Å². The van der Waals surface area contributed by atoms with Gasteiger partial charge in [0.05, 0.1) is 18.1 Å². The first-order valence-electron chi connectivity index (χ1n) is 13.5. The van der Waals surface area contributed by atoms with E-state index in [1.54, 1.807) is 17.9 Å². The lowest BCUT2D eigenvalue weighted by Gasteiger charge is -2.45. The Bertz CT molecular complexity index is 880. The van der Waals surface area contributed by atoms with Crippen LogP contribution in [0.25, 0.3) is 0 Å². The van der Waals surface area contributed by atoms with Crippen LogP contribution >= 0.6 is 0 Å². The van der Waals surface area contributed by atoms with Crippen LogP contribution in [-0.4, -0.2) is 81.8 Å². The average molecular weight is 507 g/mol. The van der Waals surface area contributed by atoms with Crippen molar-refractivity contribution in [3.63, 3.8) is 0 Å². The number of hydrogen-bond donors (Lipinski definition) is 1. The van der Waals surface area contributed by atoms with Crippen LogP contribution < -0.4 is 0 Å². The Hall–Kier alpha value is -1.93. The number of likely N-dealkylation sites (tertiary alicyclic amines) is 1. The minimum atomic E-state index is -1.09. The van der Waals surface area contributed by atoms with Gasteiger partial charge in [-0.25, -0.2) is 0 Å². The second-order valence-corrected chi connectivity index (χ2v) is 12.5. The van der Waals surface area contributed by atoms with Crippen LogP contribution in [-0.2, 0) is 23.9 Å². The lowest BCUT2D eigenvalue weighted by Crippen LogP contribution is -2.61. The van der Waals surface area contributed by atoms with Gasteiger partial charge in [0.2, 0.25) is 11.8 Å². The highest BCUT2D eigenvalue weighted by molar-refractivity contribution is 5.98. The number of amides is 2. The molecule has 204 valence electrons. The van der Waals surface area contributed by atoms with Crippen LogP contribution in [0, 0.1) is 17.3 Å². The van der Waals surface area contributed by atoms with E-state index in [0.717, 1.165) is 6.42 Å².